The van der Waals surface area contributed by atoms with Crippen LogP contribution in [0.4, 0.5) is 13.2 Å². The van der Waals surface area contributed by atoms with E-state index in [1.165, 1.54) is 11.2 Å². The second-order valence-corrected chi connectivity index (χ2v) is 7.02. The molecule has 0 radical (unpaired) electrons. The van der Waals surface area contributed by atoms with Gasteiger partial charge in [-0.25, -0.2) is 0 Å². The summed E-state index contributed by atoms with van der Waals surface area (Å²) in [5.74, 6) is -0.444. The molecule has 156 valence electrons. The Morgan fingerprint density at radius 3 is 2.54 bits per heavy atom. The first-order valence-corrected chi connectivity index (χ1v) is 9.01. The number of nitrogens with zero attached hydrogens (tertiary/aromatic N) is 1. The highest BCUT2D eigenvalue weighted by Gasteiger charge is 2.43. The second kappa shape index (κ2) is 9.15. The molecule has 0 saturated carbocycles. The molecular formula is C19H25ClF3N3O2. The molecule has 3 rings (SSSR count). The van der Waals surface area contributed by atoms with Crippen molar-refractivity contribution in [2.75, 3.05) is 32.7 Å². The van der Waals surface area contributed by atoms with Gasteiger partial charge in [-0.1, -0.05) is 0 Å². The minimum atomic E-state index is -4.39. The van der Waals surface area contributed by atoms with Gasteiger partial charge in [0.15, 0.2) is 0 Å². The Bertz CT molecular complexity index is 817. The first-order valence-electron chi connectivity index (χ1n) is 9.01. The van der Waals surface area contributed by atoms with Crippen molar-refractivity contribution in [2.24, 2.45) is 0 Å². The lowest BCUT2D eigenvalue weighted by Crippen LogP contribution is -2.57. The Hall–Kier alpha value is -1.77. The van der Waals surface area contributed by atoms with E-state index in [-0.39, 0.29) is 18.8 Å². The third-order valence-corrected chi connectivity index (χ3v) is 5.08. The van der Waals surface area contributed by atoms with E-state index in [0.717, 1.165) is 16.5 Å². The minimum absolute atomic E-state index is 0. The van der Waals surface area contributed by atoms with Crippen LogP contribution < -0.4 is 10.6 Å². The summed E-state index contributed by atoms with van der Waals surface area (Å²) in [6, 6.07) is 2.17. The smallest absolute Gasteiger partial charge is 0.405 e. The number of nitrogens with one attached hydrogen (secondary N) is 2. The van der Waals surface area contributed by atoms with Crippen LogP contribution in [0.1, 0.15) is 16.7 Å². The van der Waals surface area contributed by atoms with Crippen LogP contribution in [0.5, 0.6) is 0 Å². The maximum atomic E-state index is 13.4. The molecule has 1 aromatic carbocycles. The number of carbonyl (C=O) groups excluding carboxylic acids is 1. The quantitative estimate of drug-likeness (QED) is 0.782. The molecule has 5 nitrogen and oxygen atoms in total. The Balaban J connectivity index is 0.00000280. The van der Waals surface area contributed by atoms with Crippen molar-refractivity contribution >= 4 is 29.3 Å². The van der Waals surface area contributed by atoms with Crippen LogP contribution in [0.3, 0.4) is 0 Å². The number of hydrogen-bond acceptors (Lipinski definition) is 4. The summed E-state index contributed by atoms with van der Waals surface area (Å²) in [7, 11) is 0. The molecule has 1 atom stereocenters. The normalized spacial score (nSPS) is 16.6. The fourth-order valence-electron chi connectivity index (χ4n) is 3.36. The zero-order valence-electron chi connectivity index (χ0n) is 15.9. The Morgan fingerprint density at radius 2 is 1.89 bits per heavy atom. The lowest BCUT2D eigenvalue weighted by molar-refractivity contribution is -0.184. The van der Waals surface area contributed by atoms with Crippen molar-refractivity contribution in [3.05, 3.63) is 35.1 Å². The third kappa shape index (κ3) is 5.18. The largest absolute Gasteiger partial charge is 0.464 e. The zero-order valence-corrected chi connectivity index (χ0v) is 16.7. The molecule has 1 aliphatic rings. The van der Waals surface area contributed by atoms with Crippen molar-refractivity contribution in [3.63, 3.8) is 0 Å². The molecule has 1 aliphatic heterocycles. The first kappa shape index (κ1) is 22.5. The fourth-order valence-corrected chi connectivity index (χ4v) is 3.36. The van der Waals surface area contributed by atoms with Gasteiger partial charge in [-0.15, -0.1) is 12.4 Å². The predicted octanol–water partition coefficient (Wildman–Crippen LogP) is 2.97. The lowest BCUT2D eigenvalue weighted by atomic mass is 10.0. The SMILES string of the molecule is Cc1cc2occ(CC(=O)NCC(N3CCNCC3)C(F)(F)F)c2cc1C.Cl. The second-order valence-electron chi connectivity index (χ2n) is 7.02. The molecule has 0 spiro atoms. The van der Waals surface area contributed by atoms with Crippen LogP contribution in [-0.2, 0) is 11.2 Å². The van der Waals surface area contributed by atoms with Gasteiger partial charge >= 0.3 is 6.18 Å². The van der Waals surface area contributed by atoms with Crippen LogP contribution in [0, 0.1) is 13.8 Å². The van der Waals surface area contributed by atoms with E-state index in [9.17, 15) is 18.0 Å². The highest BCUT2D eigenvalue weighted by molar-refractivity contribution is 5.88. The number of halogens is 4. The van der Waals surface area contributed by atoms with Crippen molar-refractivity contribution in [2.45, 2.75) is 32.5 Å². The maximum Gasteiger partial charge on any atom is 0.405 e. The molecule has 1 unspecified atom stereocenters. The Kier molecular flexibility index (Phi) is 7.36. The molecule has 1 aromatic heterocycles. The van der Waals surface area contributed by atoms with Crippen molar-refractivity contribution in [1.29, 1.82) is 0 Å². The Morgan fingerprint density at radius 1 is 1.25 bits per heavy atom. The van der Waals surface area contributed by atoms with Crippen LogP contribution in [0.2, 0.25) is 0 Å². The van der Waals surface area contributed by atoms with Gasteiger partial charge < -0.3 is 15.1 Å². The number of hydrogen-bond donors (Lipinski definition) is 2. The summed E-state index contributed by atoms with van der Waals surface area (Å²) in [5.41, 5.74) is 3.50. The first-order chi connectivity index (χ1) is 12.8. The Labute approximate surface area is 168 Å². The summed E-state index contributed by atoms with van der Waals surface area (Å²) in [6.07, 6.45) is -2.90. The number of piperazine rings is 1. The zero-order chi connectivity index (χ0) is 19.6. The molecule has 2 heterocycles. The highest BCUT2D eigenvalue weighted by Crippen LogP contribution is 2.26. The van der Waals surface area contributed by atoms with Gasteiger partial charge in [-0.3, -0.25) is 9.69 Å². The molecule has 0 aliphatic carbocycles. The van der Waals surface area contributed by atoms with Crippen molar-refractivity contribution < 1.29 is 22.4 Å². The molecule has 1 saturated heterocycles. The number of alkyl halides is 3. The van der Waals surface area contributed by atoms with Crippen molar-refractivity contribution in [3.8, 4) is 0 Å². The van der Waals surface area contributed by atoms with E-state index in [4.69, 9.17) is 4.42 Å². The molecule has 9 heteroatoms. The molecular weight excluding hydrogens is 395 g/mol. The van der Waals surface area contributed by atoms with Crippen LogP contribution in [0.25, 0.3) is 11.0 Å². The molecule has 1 fully saturated rings. The number of furan rings is 1. The lowest BCUT2D eigenvalue weighted by Gasteiger charge is -2.35. The van der Waals surface area contributed by atoms with E-state index in [1.54, 1.807) is 0 Å². The number of aryl methyl sites for hydroxylation is 2. The van der Waals surface area contributed by atoms with Gasteiger partial charge in [-0.2, -0.15) is 13.2 Å². The standard InChI is InChI=1S/C19H24F3N3O2.ClH/c1-12-7-15-14(11-27-16(15)8-13(12)2)9-18(26)24-10-17(19(20,21)22)25-5-3-23-4-6-25;/h7-8,11,17,23H,3-6,9-10H2,1-2H3,(H,24,26);1H. The highest BCUT2D eigenvalue weighted by atomic mass is 35.5. The van der Waals surface area contributed by atoms with Gasteiger partial charge in [-0.05, 0) is 37.1 Å². The average Bonchev–Trinajstić information content (AvgIpc) is 2.97. The van der Waals surface area contributed by atoms with Crippen LogP contribution in [0.15, 0.2) is 22.8 Å². The summed E-state index contributed by atoms with van der Waals surface area (Å²) in [5, 5.41) is 6.31. The van der Waals surface area contributed by atoms with Crippen LogP contribution >= 0.6 is 12.4 Å². The number of amides is 1. The minimum Gasteiger partial charge on any atom is -0.464 e. The van der Waals surface area contributed by atoms with Gasteiger partial charge in [0.25, 0.3) is 0 Å². The number of fused-ring (bicyclic) bond motifs is 1. The van der Waals surface area contributed by atoms with Gasteiger partial charge in [0.2, 0.25) is 5.91 Å². The predicted molar refractivity (Wildman–Crippen MR) is 104 cm³/mol. The number of rotatable bonds is 5. The molecule has 2 aromatic rings. The maximum absolute atomic E-state index is 13.4. The number of carbonyl (C=O) groups is 1. The van der Waals surface area contributed by atoms with Crippen LogP contribution in [-0.4, -0.2) is 55.7 Å². The average molecular weight is 420 g/mol. The topological polar surface area (TPSA) is 57.5 Å². The molecule has 0 bridgehead atoms. The van der Waals surface area contributed by atoms with Gasteiger partial charge in [0.1, 0.15) is 11.6 Å². The van der Waals surface area contributed by atoms with E-state index in [0.29, 0.717) is 37.3 Å². The summed E-state index contributed by atoms with van der Waals surface area (Å²) < 4.78 is 45.7. The van der Waals surface area contributed by atoms with Gasteiger partial charge in [0.05, 0.1) is 12.7 Å². The van der Waals surface area contributed by atoms with E-state index in [2.05, 4.69) is 10.6 Å². The summed E-state index contributed by atoms with van der Waals surface area (Å²) >= 11 is 0. The molecule has 1 amide bonds. The fraction of sp³-hybridized carbons (Fsp3) is 0.526. The molecule has 28 heavy (non-hydrogen) atoms. The van der Waals surface area contributed by atoms with E-state index >= 15 is 0 Å². The van der Waals surface area contributed by atoms with Crippen molar-refractivity contribution in [1.82, 2.24) is 15.5 Å². The molecule has 2 N–H and O–H groups in total. The van der Waals surface area contributed by atoms with Gasteiger partial charge in [0, 0.05) is 43.7 Å². The van der Waals surface area contributed by atoms with E-state index in [1.807, 2.05) is 26.0 Å². The monoisotopic (exact) mass is 419 g/mol. The summed E-state index contributed by atoms with van der Waals surface area (Å²) in [4.78, 5) is 13.6. The van der Waals surface area contributed by atoms with E-state index < -0.39 is 24.7 Å². The number of benzene rings is 1. The third-order valence-electron chi connectivity index (χ3n) is 5.08. The summed E-state index contributed by atoms with van der Waals surface area (Å²) in [6.45, 7) is 5.14.